The highest BCUT2D eigenvalue weighted by Crippen LogP contribution is 2.29. The molecule has 0 bridgehead atoms. The first-order valence-electron chi connectivity index (χ1n) is 7.81. The molecule has 0 spiro atoms. The highest BCUT2D eigenvalue weighted by molar-refractivity contribution is 5.88. The van der Waals surface area contributed by atoms with E-state index >= 15 is 0 Å². The van der Waals surface area contributed by atoms with Crippen LogP contribution in [0.25, 0.3) is 0 Å². The van der Waals surface area contributed by atoms with Gasteiger partial charge in [0.05, 0.1) is 5.92 Å². The van der Waals surface area contributed by atoms with Gasteiger partial charge in [0, 0.05) is 19.0 Å². The van der Waals surface area contributed by atoms with Crippen molar-refractivity contribution in [2.45, 2.75) is 51.5 Å². The molecule has 118 valence electrons. The Morgan fingerprint density at radius 2 is 1.71 bits per heavy atom. The predicted molar refractivity (Wildman–Crippen MR) is 76.5 cm³/mol. The fourth-order valence-corrected chi connectivity index (χ4v) is 3.26. The number of carbonyl (C=O) groups is 3. The molecule has 1 aliphatic heterocycles. The second-order valence-electron chi connectivity index (χ2n) is 6.16. The number of carboxylic acid groups (broad SMARTS) is 1. The van der Waals surface area contributed by atoms with Gasteiger partial charge in [-0.2, -0.15) is 0 Å². The lowest BCUT2D eigenvalue weighted by molar-refractivity contribution is -0.144. The SMILES string of the molecule is CC(NC(=O)C1CCCC(C(=O)O)C1)C(=O)N1CCCC1. The van der Waals surface area contributed by atoms with Gasteiger partial charge in [-0.3, -0.25) is 14.4 Å². The van der Waals surface area contributed by atoms with Gasteiger partial charge in [0.15, 0.2) is 0 Å². The number of likely N-dealkylation sites (tertiary alicyclic amines) is 1. The minimum atomic E-state index is -0.825. The lowest BCUT2D eigenvalue weighted by Gasteiger charge is -2.28. The van der Waals surface area contributed by atoms with Crippen LogP contribution in [-0.4, -0.2) is 46.9 Å². The minimum absolute atomic E-state index is 0.0357. The molecule has 1 aliphatic carbocycles. The van der Waals surface area contributed by atoms with E-state index in [-0.39, 0.29) is 17.7 Å². The number of nitrogens with one attached hydrogen (secondary N) is 1. The Kier molecular flexibility index (Phi) is 5.20. The molecule has 1 heterocycles. The Morgan fingerprint density at radius 3 is 2.33 bits per heavy atom. The molecular weight excluding hydrogens is 272 g/mol. The van der Waals surface area contributed by atoms with E-state index in [9.17, 15) is 14.4 Å². The maximum atomic E-state index is 12.2. The van der Waals surface area contributed by atoms with Crippen molar-refractivity contribution in [3.63, 3.8) is 0 Å². The third-order valence-electron chi connectivity index (χ3n) is 4.54. The van der Waals surface area contributed by atoms with E-state index in [2.05, 4.69) is 5.32 Å². The largest absolute Gasteiger partial charge is 0.481 e. The van der Waals surface area contributed by atoms with Crippen LogP contribution >= 0.6 is 0 Å². The molecule has 2 N–H and O–H groups in total. The zero-order valence-corrected chi connectivity index (χ0v) is 12.5. The number of hydrogen-bond acceptors (Lipinski definition) is 3. The lowest BCUT2D eigenvalue weighted by atomic mass is 9.81. The average Bonchev–Trinajstić information content (AvgIpc) is 3.00. The summed E-state index contributed by atoms with van der Waals surface area (Å²) in [6, 6.07) is -0.527. The van der Waals surface area contributed by atoms with Crippen LogP contribution in [0.15, 0.2) is 0 Å². The molecule has 1 saturated carbocycles. The van der Waals surface area contributed by atoms with Gasteiger partial charge in [-0.15, -0.1) is 0 Å². The van der Waals surface area contributed by atoms with Crippen LogP contribution in [0.1, 0.15) is 45.4 Å². The van der Waals surface area contributed by atoms with Crippen LogP contribution in [0.4, 0.5) is 0 Å². The normalized spacial score (nSPS) is 27.2. The number of hydrogen-bond donors (Lipinski definition) is 2. The summed E-state index contributed by atoms with van der Waals surface area (Å²) in [6.45, 7) is 3.24. The number of aliphatic carboxylic acids is 1. The van der Waals surface area contributed by atoms with Crippen molar-refractivity contribution in [1.29, 1.82) is 0 Å². The maximum absolute atomic E-state index is 12.2. The van der Waals surface area contributed by atoms with Crippen LogP contribution in [0.5, 0.6) is 0 Å². The molecular formula is C15H24N2O4. The van der Waals surface area contributed by atoms with Crippen molar-refractivity contribution in [3.05, 3.63) is 0 Å². The first kappa shape index (κ1) is 15.8. The Labute approximate surface area is 124 Å². The Bertz CT molecular complexity index is 418. The molecule has 6 nitrogen and oxygen atoms in total. The molecule has 6 heteroatoms. The minimum Gasteiger partial charge on any atom is -0.481 e. The lowest BCUT2D eigenvalue weighted by Crippen LogP contribution is -2.48. The van der Waals surface area contributed by atoms with Gasteiger partial charge in [-0.25, -0.2) is 0 Å². The van der Waals surface area contributed by atoms with E-state index < -0.39 is 17.9 Å². The fourth-order valence-electron chi connectivity index (χ4n) is 3.26. The Balaban J connectivity index is 1.85. The van der Waals surface area contributed by atoms with E-state index in [0.717, 1.165) is 32.4 Å². The van der Waals surface area contributed by atoms with Crippen molar-refractivity contribution in [1.82, 2.24) is 10.2 Å². The van der Waals surface area contributed by atoms with Crippen LogP contribution in [0.3, 0.4) is 0 Å². The first-order chi connectivity index (χ1) is 9.99. The maximum Gasteiger partial charge on any atom is 0.306 e. The van der Waals surface area contributed by atoms with Crippen molar-refractivity contribution in [2.75, 3.05) is 13.1 Å². The third-order valence-corrected chi connectivity index (χ3v) is 4.54. The summed E-state index contributed by atoms with van der Waals surface area (Å²) in [5, 5.41) is 11.8. The Morgan fingerprint density at radius 1 is 1.10 bits per heavy atom. The molecule has 2 amide bonds. The molecule has 1 saturated heterocycles. The second-order valence-corrected chi connectivity index (χ2v) is 6.16. The van der Waals surface area contributed by atoms with E-state index in [4.69, 9.17) is 5.11 Å². The van der Waals surface area contributed by atoms with Crippen molar-refractivity contribution >= 4 is 17.8 Å². The van der Waals surface area contributed by atoms with Crippen molar-refractivity contribution < 1.29 is 19.5 Å². The van der Waals surface area contributed by atoms with E-state index in [1.807, 2.05) is 0 Å². The number of nitrogens with zero attached hydrogens (tertiary/aromatic N) is 1. The predicted octanol–water partition coefficient (Wildman–Crippen LogP) is 1.00. The summed E-state index contributed by atoms with van der Waals surface area (Å²) < 4.78 is 0. The van der Waals surface area contributed by atoms with Gasteiger partial charge < -0.3 is 15.3 Å². The van der Waals surface area contributed by atoms with E-state index in [0.29, 0.717) is 19.3 Å². The van der Waals surface area contributed by atoms with E-state index in [1.165, 1.54) is 0 Å². The highest BCUT2D eigenvalue weighted by atomic mass is 16.4. The van der Waals surface area contributed by atoms with Gasteiger partial charge in [0.1, 0.15) is 6.04 Å². The number of carboxylic acids is 1. The zero-order chi connectivity index (χ0) is 15.4. The quantitative estimate of drug-likeness (QED) is 0.810. The molecule has 2 fully saturated rings. The summed E-state index contributed by atoms with van der Waals surface area (Å²) >= 11 is 0. The van der Waals surface area contributed by atoms with Crippen molar-refractivity contribution in [3.8, 4) is 0 Å². The van der Waals surface area contributed by atoms with Gasteiger partial charge >= 0.3 is 5.97 Å². The van der Waals surface area contributed by atoms with Crippen molar-refractivity contribution in [2.24, 2.45) is 11.8 Å². The Hall–Kier alpha value is -1.59. The highest BCUT2D eigenvalue weighted by Gasteiger charge is 2.32. The van der Waals surface area contributed by atoms with Gasteiger partial charge in [0.2, 0.25) is 11.8 Å². The molecule has 0 aromatic heterocycles. The number of rotatable bonds is 4. The molecule has 0 aromatic carbocycles. The smallest absolute Gasteiger partial charge is 0.306 e. The molecule has 0 radical (unpaired) electrons. The van der Waals surface area contributed by atoms with Gasteiger partial charge in [-0.1, -0.05) is 6.42 Å². The molecule has 0 aromatic rings. The van der Waals surface area contributed by atoms with Gasteiger partial charge in [0.25, 0.3) is 0 Å². The standard InChI is InChI=1S/C15H24N2O4/c1-10(14(19)17-7-2-3-8-17)16-13(18)11-5-4-6-12(9-11)15(20)21/h10-12H,2-9H2,1H3,(H,16,18)(H,20,21). The second kappa shape index (κ2) is 6.91. The number of carbonyl (C=O) groups excluding carboxylic acids is 2. The van der Waals surface area contributed by atoms with E-state index in [1.54, 1.807) is 11.8 Å². The third kappa shape index (κ3) is 3.95. The molecule has 2 rings (SSSR count). The van der Waals surface area contributed by atoms with Gasteiger partial charge in [-0.05, 0) is 39.0 Å². The summed E-state index contributed by atoms with van der Waals surface area (Å²) in [7, 11) is 0. The van der Waals surface area contributed by atoms with Crippen LogP contribution < -0.4 is 5.32 Å². The summed E-state index contributed by atoms with van der Waals surface area (Å²) in [6.07, 6.45) is 4.53. The summed E-state index contributed by atoms with van der Waals surface area (Å²) in [5.41, 5.74) is 0. The van der Waals surface area contributed by atoms with Crippen LogP contribution in [0, 0.1) is 11.8 Å². The molecule has 21 heavy (non-hydrogen) atoms. The molecule has 3 atom stereocenters. The topological polar surface area (TPSA) is 86.7 Å². The fraction of sp³-hybridized carbons (Fsp3) is 0.800. The summed E-state index contributed by atoms with van der Waals surface area (Å²) in [5.74, 6) is -1.76. The monoisotopic (exact) mass is 296 g/mol. The van der Waals surface area contributed by atoms with Crippen LogP contribution in [-0.2, 0) is 14.4 Å². The molecule has 2 aliphatic rings. The molecule has 3 unspecified atom stereocenters. The first-order valence-corrected chi connectivity index (χ1v) is 7.81. The van der Waals surface area contributed by atoms with Crippen LogP contribution in [0.2, 0.25) is 0 Å². The average molecular weight is 296 g/mol. The number of amides is 2. The zero-order valence-electron chi connectivity index (χ0n) is 12.5. The summed E-state index contributed by atoms with van der Waals surface area (Å²) in [4.78, 5) is 37.2.